The van der Waals surface area contributed by atoms with Crippen molar-refractivity contribution in [2.24, 2.45) is 0 Å². The Hall–Kier alpha value is -1.68. The molecule has 2 aromatic rings. The molecule has 0 aromatic heterocycles. The summed E-state index contributed by atoms with van der Waals surface area (Å²) in [6, 6.07) is 14.2. The van der Waals surface area contributed by atoms with Gasteiger partial charge in [-0.05, 0) is 40.0 Å². The molecule has 0 saturated carbocycles. The molecule has 2 nitrogen and oxygen atoms in total. The van der Waals surface area contributed by atoms with E-state index >= 15 is 0 Å². The fourth-order valence-corrected chi connectivity index (χ4v) is 2.66. The summed E-state index contributed by atoms with van der Waals surface area (Å²) in [4.78, 5) is 12.4. The van der Waals surface area contributed by atoms with Crippen molar-refractivity contribution in [3.63, 3.8) is 0 Å². The van der Waals surface area contributed by atoms with E-state index in [1.54, 1.807) is 6.07 Å². The van der Waals surface area contributed by atoms with Crippen molar-refractivity contribution in [3.05, 3.63) is 69.9 Å². The van der Waals surface area contributed by atoms with Gasteiger partial charge in [-0.25, -0.2) is 4.39 Å². The summed E-state index contributed by atoms with van der Waals surface area (Å²) in [6.07, 6.45) is 1.78. The van der Waals surface area contributed by atoms with E-state index < -0.39 is 5.82 Å². The summed E-state index contributed by atoms with van der Waals surface area (Å²) in [6.45, 7) is 2.07. The van der Waals surface area contributed by atoms with Crippen LogP contribution in [0.1, 0.15) is 41.7 Å². The Morgan fingerprint density at radius 3 is 2.57 bits per heavy atom. The van der Waals surface area contributed by atoms with Gasteiger partial charge in [0.25, 0.3) is 5.91 Å². The summed E-state index contributed by atoms with van der Waals surface area (Å²) in [5, 5.41) is 2.98. The summed E-state index contributed by atoms with van der Waals surface area (Å²) < 4.78 is 13.7. The van der Waals surface area contributed by atoms with Gasteiger partial charge in [-0.15, -0.1) is 0 Å². The Balaban J connectivity index is 2.21. The van der Waals surface area contributed by atoms with Crippen molar-refractivity contribution in [2.45, 2.75) is 25.8 Å². The average Bonchev–Trinajstić information content (AvgIpc) is 2.50. The number of amides is 1. The number of halogens is 2. The van der Waals surface area contributed by atoms with Crippen LogP contribution in [-0.2, 0) is 0 Å². The molecule has 0 fully saturated rings. The van der Waals surface area contributed by atoms with Gasteiger partial charge in [0.15, 0.2) is 0 Å². The maximum atomic E-state index is 13.5. The fourth-order valence-electron chi connectivity index (χ4n) is 2.21. The Morgan fingerprint density at radius 1 is 1.19 bits per heavy atom. The quantitative estimate of drug-likeness (QED) is 0.820. The van der Waals surface area contributed by atoms with Crippen molar-refractivity contribution in [2.75, 3.05) is 0 Å². The maximum Gasteiger partial charge on any atom is 0.253 e. The van der Waals surface area contributed by atoms with Crippen LogP contribution in [0.2, 0.25) is 0 Å². The number of hydrogen-bond acceptors (Lipinski definition) is 1. The summed E-state index contributed by atoms with van der Waals surface area (Å²) in [5.41, 5.74) is 1.37. The normalized spacial score (nSPS) is 12.0. The first-order valence-electron chi connectivity index (χ1n) is 6.93. The lowest BCUT2D eigenvalue weighted by atomic mass is 10.0. The number of carbonyl (C=O) groups excluding carboxylic acids is 1. The Kier molecular flexibility index (Phi) is 5.51. The highest BCUT2D eigenvalue weighted by Crippen LogP contribution is 2.23. The lowest BCUT2D eigenvalue weighted by molar-refractivity contribution is 0.0933. The molecular weight excluding hydrogens is 333 g/mol. The summed E-state index contributed by atoms with van der Waals surface area (Å²) >= 11 is 3.13. The molecule has 2 aromatic carbocycles. The lowest BCUT2D eigenvalue weighted by Gasteiger charge is -2.19. The van der Waals surface area contributed by atoms with Gasteiger partial charge in [0.05, 0.1) is 16.1 Å². The second-order valence-corrected chi connectivity index (χ2v) is 5.62. The Labute approximate surface area is 132 Å². The molecule has 1 amide bonds. The first-order chi connectivity index (χ1) is 10.1. The first kappa shape index (κ1) is 15.7. The highest BCUT2D eigenvalue weighted by Gasteiger charge is 2.18. The standard InChI is InChI=1S/C17H17BrFNO/c1-2-7-15(12-8-4-3-5-9-12)20-17(21)13-10-6-11-14(19)16(13)18/h3-6,8-11,15H,2,7H2,1H3,(H,20,21). The monoisotopic (exact) mass is 349 g/mol. The van der Waals surface area contributed by atoms with E-state index in [0.29, 0.717) is 5.56 Å². The maximum absolute atomic E-state index is 13.5. The minimum absolute atomic E-state index is 0.0705. The lowest BCUT2D eigenvalue weighted by Crippen LogP contribution is -2.28. The predicted molar refractivity (Wildman–Crippen MR) is 85.7 cm³/mol. The molecule has 1 N–H and O–H groups in total. The minimum atomic E-state index is -0.436. The van der Waals surface area contributed by atoms with Crippen molar-refractivity contribution in [3.8, 4) is 0 Å². The molecule has 1 atom stereocenters. The van der Waals surface area contributed by atoms with Crippen molar-refractivity contribution in [1.82, 2.24) is 5.32 Å². The molecule has 0 radical (unpaired) electrons. The van der Waals surface area contributed by atoms with E-state index in [0.717, 1.165) is 18.4 Å². The van der Waals surface area contributed by atoms with Gasteiger partial charge in [0.2, 0.25) is 0 Å². The minimum Gasteiger partial charge on any atom is -0.345 e. The van der Waals surface area contributed by atoms with Gasteiger partial charge < -0.3 is 5.32 Å². The second-order valence-electron chi connectivity index (χ2n) is 4.83. The van der Waals surface area contributed by atoms with Gasteiger partial charge in [0, 0.05) is 0 Å². The van der Waals surface area contributed by atoms with Crippen LogP contribution in [0.4, 0.5) is 4.39 Å². The van der Waals surface area contributed by atoms with E-state index in [4.69, 9.17) is 0 Å². The van der Waals surface area contributed by atoms with Gasteiger partial charge >= 0.3 is 0 Å². The van der Waals surface area contributed by atoms with Crippen LogP contribution in [-0.4, -0.2) is 5.91 Å². The van der Waals surface area contributed by atoms with Crippen LogP contribution in [0, 0.1) is 5.82 Å². The van der Waals surface area contributed by atoms with E-state index in [1.165, 1.54) is 12.1 Å². The third kappa shape index (κ3) is 3.91. The van der Waals surface area contributed by atoms with E-state index in [2.05, 4.69) is 28.2 Å². The summed E-state index contributed by atoms with van der Waals surface area (Å²) in [7, 11) is 0. The Morgan fingerprint density at radius 2 is 1.90 bits per heavy atom. The van der Waals surface area contributed by atoms with Crippen molar-refractivity contribution < 1.29 is 9.18 Å². The molecule has 0 aliphatic rings. The van der Waals surface area contributed by atoms with Crippen LogP contribution in [0.25, 0.3) is 0 Å². The average molecular weight is 350 g/mol. The zero-order chi connectivity index (χ0) is 15.2. The van der Waals surface area contributed by atoms with Crippen LogP contribution in [0.5, 0.6) is 0 Å². The molecular formula is C17H17BrFNO. The van der Waals surface area contributed by atoms with Crippen molar-refractivity contribution in [1.29, 1.82) is 0 Å². The van der Waals surface area contributed by atoms with Crippen molar-refractivity contribution >= 4 is 21.8 Å². The van der Waals surface area contributed by atoms with Gasteiger partial charge in [0.1, 0.15) is 5.82 Å². The summed E-state index contributed by atoms with van der Waals surface area (Å²) in [5.74, 6) is -0.710. The van der Waals surface area contributed by atoms with E-state index in [-0.39, 0.29) is 16.4 Å². The SMILES string of the molecule is CCCC(NC(=O)c1cccc(F)c1Br)c1ccccc1. The molecule has 110 valence electrons. The smallest absolute Gasteiger partial charge is 0.253 e. The van der Waals surface area contributed by atoms with Gasteiger partial charge in [-0.1, -0.05) is 49.7 Å². The van der Waals surface area contributed by atoms with E-state index in [9.17, 15) is 9.18 Å². The molecule has 0 bridgehead atoms. The molecule has 0 heterocycles. The molecule has 0 aliphatic carbocycles. The zero-order valence-electron chi connectivity index (χ0n) is 11.8. The number of nitrogens with one attached hydrogen (secondary N) is 1. The number of benzene rings is 2. The first-order valence-corrected chi connectivity index (χ1v) is 7.72. The van der Waals surface area contributed by atoms with Crippen LogP contribution >= 0.6 is 15.9 Å². The fraction of sp³-hybridized carbons (Fsp3) is 0.235. The third-order valence-electron chi connectivity index (χ3n) is 3.28. The molecule has 0 spiro atoms. The number of rotatable bonds is 5. The third-order valence-corrected chi connectivity index (χ3v) is 4.09. The molecule has 1 unspecified atom stereocenters. The molecule has 4 heteroatoms. The van der Waals surface area contributed by atoms with E-state index in [1.807, 2.05) is 30.3 Å². The van der Waals surface area contributed by atoms with Crippen LogP contribution in [0.3, 0.4) is 0 Å². The Bertz CT molecular complexity index is 615. The zero-order valence-corrected chi connectivity index (χ0v) is 13.4. The number of hydrogen-bond donors (Lipinski definition) is 1. The largest absolute Gasteiger partial charge is 0.345 e. The molecule has 0 aliphatic heterocycles. The van der Waals surface area contributed by atoms with Crippen LogP contribution < -0.4 is 5.32 Å². The molecule has 2 rings (SSSR count). The highest BCUT2D eigenvalue weighted by molar-refractivity contribution is 9.10. The molecule has 21 heavy (non-hydrogen) atoms. The van der Waals surface area contributed by atoms with Gasteiger partial charge in [-0.2, -0.15) is 0 Å². The second kappa shape index (κ2) is 7.36. The predicted octanol–water partition coefficient (Wildman–Crippen LogP) is 4.86. The number of carbonyl (C=O) groups is 1. The highest BCUT2D eigenvalue weighted by atomic mass is 79.9. The molecule has 0 saturated heterocycles. The van der Waals surface area contributed by atoms with Crippen LogP contribution in [0.15, 0.2) is 53.0 Å². The topological polar surface area (TPSA) is 29.1 Å². The van der Waals surface area contributed by atoms with Gasteiger partial charge in [-0.3, -0.25) is 4.79 Å².